The van der Waals surface area contributed by atoms with Crippen molar-refractivity contribution in [2.45, 2.75) is 33.1 Å². The number of ether oxygens (including phenoxy) is 2. The maximum Gasteiger partial charge on any atom is 0.303 e. The van der Waals surface area contributed by atoms with Crippen LogP contribution in [0.2, 0.25) is 0 Å². The molecule has 0 radical (unpaired) electrons. The fourth-order valence-electron chi connectivity index (χ4n) is 1.22. The summed E-state index contributed by atoms with van der Waals surface area (Å²) in [5.41, 5.74) is 0. The van der Waals surface area contributed by atoms with Gasteiger partial charge in [0.15, 0.2) is 0 Å². The van der Waals surface area contributed by atoms with Gasteiger partial charge >= 0.3 is 5.97 Å². The van der Waals surface area contributed by atoms with Crippen LogP contribution in [-0.2, 0) is 14.3 Å². The normalized spacial score (nSPS) is 12.1. The summed E-state index contributed by atoms with van der Waals surface area (Å²) in [5.74, 6) is 0.0597. The first kappa shape index (κ1) is 14.0. The fourth-order valence-corrected chi connectivity index (χ4v) is 1.90. The van der Waals surface area contributed by atoms with E-state index in [1.165, 1.54) is 0 Å². The molecule has 4 nitrogen and oxygen atoms in total. The van der Waals surface area contributed by atoms with Gasteiger partial charge in [-0.3, -0.25) is 4.79 Å². The zero-order valence-corrected chi connectivity index (χ0v) is 11.7. The van der Waals surface area contributed by atoms with Gasteiger partial charge in [-0.05, 0) is 20.3 Å². The topological polar surface area (TPSA) is 55.8 Å². The molecule has 5 heteroatoms. The Kier molecular flexibility index (Phi) is 7.80. The van der Waals surface area contributed by atoms with Crippen molar-refractivity contribution in [1.29, 1.82) is 0 Å². The summed E-state index contributed by atoms with van der Waals surface area (Å²) in [6, 6.07) is 0. The third kappa shape index (κ3) is 7.01. The average molecular weight is 232 g/mol. The van der Waals surface area contributed by atoms with Crippen LogP contribution in [0.4, 0.5) is 0 Å². The molecule has 0 aromatic rings. The molecule has 0 unspecified atom stereocenters. The molecule has 0 atom stereocenters. The number of aliphatic carboxylic acids is 1. The molecule has 1 N–H and O–H groups in total. The fraction of sp³-hybridized carbons (Fsp3) is 0.700. The van der Waals surface area contributed by atoms with Crippen LogP contribution in [0, 0.1) is 0 Å². The Morgan fingerprint density at radius 3 is 2.27 bits per heavy atom. The third-order valence-electron chi connectivity index (χ3n) is 1.87. The Hall–Kier alpha value is -0.973. The van der Waals surface area contributed by atoms with E-state index >= 15 is 0 Å². The van der Waals surface area contributed by atoms with Gasteiger partial charge in [-0.2, -0.15) is 0 Å². The Morgan fingerprint density at radius 2 is 1.80 bits per heavy atom. The van der Waals surface area contributed by atoms with Gasteiger partial charge in [0.2, 0.25) is 0 Å². The SMILES string of the molecule is CCOC([SiH3])=C(CCCC(=O)O)OCC. The number of carboxylic acids is 1. The van der Waals surface area contributed by atoms with Crippen molar-refractivity contribution in [2.75, 3.05) is 13.2 Å². The Labute approximate surface area is 93.7 Å². The molecule has 0 saturated carbocycles. The van der Waals surface area contributed by atoms with E-state index < -0.39 is 5.97 Å². The average Bonchev–Trinajstić information content (AvgIpc) is 2.16. The van der Waals surface area contributed by atoms with Crippen LogP contribution in [0.25, 0.3) is 0 Å². The minimum Gasteiger partial charge on any atom is -0.501 e. The predicted octanol–water partition coefficient (Wildman–Crippen LogP) is 0.849. The van der Waals surface area contributed by atoms with Crippen molar-refractivity contribution < 1.29 is 19.4 Å². The van der Waals surface area contributed by atoms with Gasteiger partial charge in [0, 0.05) is 12.8 Å². The number of carboxylic acid groups (broad SMARTS) is 1. The van der Waals surface area contributed by atoms with Gasteiger partial charge < -0.3 is 14.6 Å². The van der Waals surface area contributed by atoms with Crippen LogP contribution < -0.4 is 0 Å². The van der Waals surface area contributed by atoms with Crippen molar-refractivity contribution in [1.82, 2.24) is 0 Å². The van der Waals surface area contributed by atoms with Gasteiger partial charge in [0.1, 0.15) is 11.1 Å². The van der Waals surface area contributed by atoms with Gasteiger partial charge in [0.25, 0.3) is 0 Å². The van der Waals surface area contributed by atoms with E-state index in [-0.39, 0.29) is 6.42 Å². The molecule has 0 aliphatic heterocycles. The van der Waals surface area contributed by atoms with Crippen molar-refractivity contribution in [3.8, 4) is 0 Å². The molecule has 0 fully saturated rings. The number of allylic oxidation sites excluding steroid dienone is 1. The summed E-state index contributed by atoms with van der Waals surface area (Å²) in [6.45, 7) is 5.08. The first-order valence-electron chi connectivity index (χ1n) is 5.28. The molecule has 0 heterocycles. The van der Waals surface area contributed by atoms with Crippen LogP contribution in [0.1, 0.15) is 33.1 Å². The molecule has 0 bridgehead atoms. The lowest BCUT2D eigenvalue weighted by Crippen LogP contribution is -2.03. The third-order valence-corrected chi connectivity index (χ3v) is 2.71. The molecule has 0 rings (SSSR count). The highest BCUT2D eigenvalue weighted by Crippen LogP contribution is 2.13. The molecular weight excluding hydrogens is 212 g/mol. The summed E-state index contributed by atoms with van der Waals surface area (Å²) < 4.78 is 10.8. The maximum atomic E-state index is 10.4. The maximum absolute atomic E-state index is 10.4. The second kappa shape index (κ2) is 8.34. The van der Waals surface area contributed by atoms with Crippen molar-refractivity contribution in [3.05, 3.63) is 11.1 Å². The second-order valence-corrected chi connectivity index (χ2v) is 4.00. The Balaban J connectivity index is 4.13. The Bertz CT molecular complexity index is 225. The molecule has 0 aromatic heterocycles. The van der Waals surface area contributed by atoms with Crippen molar-refractivity contribution in [2.24, 2.45) is 0 Å². The van der Waals surface area contributed by atoms with E-state index in [2.05, 4.69) is 0 Å². The first-order chi connectivity index (χ1) is 7.11. The molecule has 0 aromatic carbocycles. The minimum absolute atomic E-state index is 0.178. The molecule has 0 amide bonds. The van der Waals surface area contributed by atoms with Crippen LogP contribution in [0.3, 0.4) is 0 Å². The van der Waals surface area contributed by atoms with E-state index in [4.69, 9.17) is 14.6 Å². The number of hydrogen-bond donors (Lipinski definition) is 1. The summed E-state index contributed by atoms with van der Waals surface area (Å²) in [4.78, 5) is 10.4. The monoisotopic (exact) mass is 232 g/mol. The largest absolute Gasteiger partial charge is 0.501 e. The molecule has 0 aliphatic carbocycles. The highest BCUT2D eigenvalue weighted by molar-refractivity contribution is 6.20. The van der Waals surface area contributed by atoms with Gasteiger partial charge in [-0.15, -0.1) is 0 Å². The standard InChI is InChI=1S/C10H20O4Si/c1-3-13-8(10(15)14-4-2)6-5-7-9(11)12/h3-7H2,1-2,15H3,(H,11,12). The van der Waals surface area contributed by atoms with Gasteiger partial charge in [0.05, 0.1) is 23.5 Å². The van der Waals surface area contributed by atoms with E-state index in [0.29, 0.717) is 26.1 Å². The minimum atomic E-state index is -0.767. The number of hydrogen-bond acceptors (Lipinski definition) is 3. The molecule has 15 heavy (non-hydrogen) atoms. The van der Waals surface area contributed by atoms with Gasteiger partial charge in [-0.1, -0.05) is 0 Å². The lowest BCUT2D eigenvalue weighted by Gasteiger charge is -2.12. The van der Waals surface area contributed by atoms with Crippen LogP contribution in [0.15, 0.2) is 11.1 Å². The van der Waals surface area contributed by atoms with Crippen LogP contribution >= 0.6 is 0 Å². The van der Waals surface area contributed by atoms with E-state index in [1.807, 2.05) is 13.8 Å². The number of carbonyl (C=O) groups is 1. The second-order valence-electron chi connectivity index (χ2n) is 3.09. The lowest BCUT2D eigenvalue weighted by atomic mass is 10.2. The number of rotatable bonds is 8. The predicted molar refractivity (Wildman–Crippen MR) is 61.7 cm³/mol. The molecular formula is C10H20O4Si. The molecule has 0 spiro atoms. The lowest BCUT2D eigenvalue weighted by molar-refractivity contribution is -0.137. The van der Waals surface area contributed by atoms with Crippen molar-refractivity contribution in [3.63, 3.8) is 0 Å². The molecule has 88 valence electrons. The van der Waals surface area contributed by atoms with Crippen molar-refractivity contribution >= 4 is 16.2 Å². The summed E-state index contributed by atoms with van der Waals surface area (Å²) in [7, 11) is 0.794. The summed E-state index contributed by atoms with van der Waals surface area (Å²) in [6.07, 6.45) is 1.43. The quantitative estimate of drug-likeness (QED) is 0.498. The van der Waals surface area contributed by atoms with E-state index in [0.717, 1.165) is 21.4 Å². The zero-order valence-electron chi connectivity index (χ0n) is 9.71. The summed E-state index contributed by atoms with van der Waals surface area (Å²) in [5, 5.41) is 9.41. The molecule has 0 saturated heterocycles. The Morgan fingerprint density at radius 1 is 1.20 bits per heavy atom. The van der Waals surface area contributed by atoms with Crippen LogP contribution in [-0.4, -0.2) is 34.5 Å². The highest BCUT2D eigenvalue weighted by Gasteiger charge is 2.06. The van der Waals surface area contributed by atoms with E-state index in [9.17, 15) is 4.79 Å². The van der Waals surface area contributed by atoms with E-state index in [1.54, 1.807) is 0 Å². The van der Waals surface area contributed by atoms with Crippen LogP contribution in [0.5, 0.6) is 0 Å². The summed E-state index contributed by atoms with van der Waals surface area (Å²) >= 11 is 0. The zero-order chi connectivity index (χ0) is 11.7. The highest BCUT2D eigenvalue weighted by atomic mass is 28.1. The first-order valence-corrected chi connectivity index (χ1v) is 6.28. The smallest absolute Gasteiger partial charge is 0.303 e. The van der Waals surface area contributed by atoms with Gasteiger partial charge in [-0.25, -0.2) is 0 Å². The molecule has 0 aliphatic rings.